The van der Waals surface area contributed by atoms with Crippen LogP contribution in [0.3, 0.4) is 0 Å². The first-order valence-electron chi connectivity index (χ1n) is 7.15. The lowest BCUT2D eigenvalue weighted by atomic mass is 10.1. The van der Waals surface area contributed by atoms with E-state index in [0.717, 1.165) is 37.2 Å². The molecule has 1 amide bonds. The zero-order valence-corrected chi connectivity index (χ0v) is 13.2. The van der Waals surface area contributed by atoms with Crippen molar-refractivity contribution < 1.29 is 9.53 Å². The lowest BCUT2D eigenvalue weighted by molar-refractivity contribution is -0.122. The Morgan fingerprint density at radius 1 is 1.38 bits per heavy atom. The molecule has 1 heterocycles. The van der Waals surface area contributed by atoms with Crippen LogP contribution in [0.15, 0.2) is 35.9 Å². The van der Waals surface area contributed by atoms with Crippen molar-refractivity contribution in [3.63, 3.8) is 0 Å². The van der Waals surface area contributed by atoms with Crippen molar-refractivity contribution in [3.05, 3.63) is 41.5 Å². The number of rotatable bonds is 6. The molecule has 0 unspecified atom stereocenters. The maximum atomic E-state index is 11.8. The van der Waals surface area contributed by atoms with Gasteiger partial charge in [-0.3, -0.25) is 4.79 Å². The quantitative estimate of drug-likeness (QED) is 0.791. The summed E-state index contributed by atoms with van der Waals surface area (Å²) in [6.07, 6.45) is 4.04. The molecule has 0 aliphatic carbocycles. The van der Waals surface area contributed by atoms with E-state index in [1.54, 1.807) is 0 Å². The summed E-state index contributed by atoms with van der Waals surface area (Å²) in [7, 11) is 0. The fourth-order valence-corrected chi connectivity index (χ4v) is 2.17. The Morgan fingerprint density at radius 3 is 2.90 bits per heavy atom. The van der Waals surface area contributed by atoms with E-state index >= 15 is 0 Å². The third-order valence-corrected chi connectivity index (χ3v) is 3.38. The van der Waals surface area contributed by atoms with E-state index < -0.39 is 0 Å². The maximum absolute atomic E-state index is 11.8. The lowest BCUT2D eigenvalue weighted by Crippen LogP contribution is -2.32. The van der Waals surface area contributed by atoms with Gasteiger partial charge in [0.25, 0.3) is 5.91 Å². The molecule has 0 saturated carbocycles. The van der Waals surface area contributed by atoms with E-state index in [0.29, 0.717) is 6.54 Å². The second-order valence-electron chi connectivity index (χ2n) is 4.84. The summed E-state index contributed by atoms with van der Waals surface area (Å²) in [6, 6.07) is 7.83. The predicted octanol–water partition coefficient (Wildman–Crippen LogP) is 2.09. The first-order valence-corrected chi connectivity index (χ1v) is 7.15. The third kappa shape index (κ3) is 5.78. The highest BCUT2D eigenvalue weighted by molar-refractivity contribution is 5.85. The van der Waals surface area contributed by atoms with Crippen LogP contribution in [-0.2, 0) is 11.2 Å². The van der Waals surface area contributed by atoms with Crippen LogP contribution in [0.2, 0.25) is 0 Å². The number of aryl methyl sites for hydroxylation is 1. The molecule has 0 radical (unpaired) electrons. The van der Waals surface area contributed by atoms with Crippen LogP contribution >= 0.6 is 12.4 Å². The molecule has 1 aromatic carbocycles. The Balaban J connectivity index is 0.00000220. The molecule has 0 atom stereocenters. The number of para-hydroxylation sites is 1. The smallest absolute Gasteiger partial charge is 0.258 e. The first kappa shape index (κ1) is 17.5. The summed E-state index contributed by atoms with van der Waals surface area (Å²) in [5, 5.41) is 6.15. The molecule has 21 heavy (non-hydrogen) atoms. The molecule has 0 spiro atoms. The molecule has 2 N–H and O–H groups in total. The number of ether oxygens (including phenoxy) is 1. The Bertz CT molecular complexity index is 489. The molecule has 1 aliphatic rings. The van der Waals surface area contributed by atoms with E-state index in [-0.39, 0.29) is 24.9 Å². The zero-order chi connectivity index (χ0) is 14.2. The van der Waals surface area contributed by atoms with E-state index in [4.69, 9.17) is 4.74 Å². The van der Waals surface area contributed by atoms with Gasteiger partial charge in [0.15, 0.2) is 6.61 Å². The first-order chi connectivity index (χ1) is 9.79. The zero-order valence-electron chi connectivity index (χ0n) is 12.4. The minimum absolute atomic E-state index is 0. The van der Waals surface area contributed by atoms with Crippen LogP contribution in [0.5, 0.6) is 5.75 Å². The maximum Gasteiger partial charge on any atom is 0.258 e. The average Bonchev–Trinajstić information content (AvgIpc) is 2.52. The van der Waals surface area contributed by atoms with E-state index in [9.17, 15) is 4.79 Å². The minimum Gasteiger partial charge on any atom is -0.483 e. The van der Waals surface area contributed by atoms with Crippen LogP contribution < -0.4 is 15.4 Å². The topological polar surface area (TPSA) is 50.4 Å². The number of carbonyl (C=O) groups excluding carboxylic acids is 1. The van der Waals surface area contributed by atoms with Gasteiger partial charge in [-0.2, -0.15) is 0 Å². The second kappa shape index (κ2) is 9.42. The molecule has 4 nitrogen and oxygen atoms in total. The van der Waals surface area contributed by atoms with Crippen molar-refractivity contribution >= 4 is 18.3 Å². The minimum atomic E-state index is -0.0738. The van der Waals surface area contributed by atoms with Gasteiger partial charge in [-0.1, -0.05) is 36.8 Å². The van der Waals surface area contributed by atoms with Gasteiger partial charge < -0.3 is 15.4 Å². The number of carbonyl (C=O) groups is 1. The average molecular weight is 311 g/mol. The van der Waals surface area contributed by atoms with E-state index in [1.165, 1.54) is 5.57 Å². The highest BCUT2D eigenvalue weighted by Crippen LogP contribution is 2.17. The normalized spacial score (nSPS) is 13.9. The molecule has 0 fully saturated rings. The third-order valence-electron chi connectivity index (χ3n) is 3.38. The van der Waals surface area contributed by atoms with Crippen molar-refractivity contribution in [3.8, 4) is 5.75 Å². The molecular formula is C16H23ClN2O2. The van der Waals surface area contributed by atoms with Gasteiger partial charge in [0.1, 0.15) is 5.75 Å². The Kier molecular flexibility index (Phi) is 7.87. The molecular weight excluding hydrogens is 288 g/mol. The van der Waals surface area contributed by atoms with Crippen LogP contribution in [0.25, 0.3) is 0 Å². The molecule has 1 aliphatic heterocycles. The van der Waals surface area contributed by atoms with Gasteiger partial charge in [-0.15, -0.1) is 12.4 Å². The van der Waals surface area contributed by atoms with Gasteiger partial charge in [-0.05, 0) is 31.0 Å². The molecule has 116 valence electrons. The molecule has 1 aromatic rings. The number of benzene rings is 1. The molecule has 5 heteroatoms. The van der Waals surface area contributed by atoms with Gasteiger partial charge in [0.05, 0.1) is 0 Å². The number of halogens is 1. The van der Waals surface area contributed by atoms with Crippen molar-refractivity contribution in [2.75, 3.05) is 26.2 Å². The summed E-state index contributed by atoms with van der Waals surface area (Å²) < 4.78 is 5.59. The van der Waals surface area contributed by atoms with Gasteiger partial charge in [0.2, 0.25) is 0 Å². The Hall–Kier alpha value is -1.52. The highest BCUT2D eigenvalue weighted by atomic mass is 35.5. The number of amides is 1. The number of hydrogen-bond donors (Lipinski definition) is 2. The summed E-state index contributed by atoms with van der Waals surface area (Å²) in [5.41, 5.74) is 2.41. The number of hydrogen-bond acceptors (Lipinski definition) is 3. The fourth-order valence-electron chi connectivity index (χ4n) is 2.17. The van der Waals surface area contributed by atoms with Crippen LogP contribution in [0, 0.1) is 0 Å². The summed E-state index contributed by atoms with van der Waals surface area (Å²) in [5.74, 6) is 0.724. The standard InChI is InChI=1S/C16H22N2O2.ClH/c1-2-14-5-3-4-6-15(14)20-12-16(19)18-11-13-7-9-17-10-8-13;/h3-7,17H,2,8-12H2,1H3,(H,18,19);1H. The summed E-state index contributed by atoms with van der Waals surface area (Å²) in [4.78, 5) is 11.8. The Labute approximate surface area is 132 Å². The molecule has 2 rings (SSSR count). The Morgan fingerprint density at radius 2 is 2.19 bits per heavy atom. The van der Waals surface area contributed by atoms with Crippen molar-refractivity contribution in [1.29, 1.82) is 0 Å². The summed E-state index contributed by atoms with van der Waals surface area (Å²) in [6.45, 7) is 4.65. The molecule has 0 aromatic heterocycles. The molecule has 0 saturated heterocycles. The van der Waals surface area contributed by atoms with Crippen LogP contribution in [-0.4, -0.2) is 32.1 Å². The van der Waals surface area contributed by atoms with Gasteiger partial charge >= 0.3 is 0 Å². The second-order valence-corrected chi connectivity index (χ2v) is 4.84. The molecule has 0 bridgehead atoms. The predicted molar refractivity (Wildman–Crippen MR) is 87.1 cm³/mol. The van der Waals surface area contributed by atoms with Crippen molar-refractivity contribution in [2.24, 2.45) is 0 Å². The van der Waals surface area contributed by atoms with Gasteiger partial charge in [-0.25, -0.2) is 0 Å². The SMILES string of the molecule is CCc1ccccc1OCC(=O)NCC1=CCNCC1.Cl. The largest absolute Gasteiger partial charge is 0.483 e. The summed E-state index contributed by atoms with van der Waals surface area (Å²) >= 11 is 0. The van der Waals surface area contributed by atoms with E-state index in [1.807, 2.05) is 24.3 Å². The van der Waals surface area contributed by atoms with Crippen molar-refractivity contribution in [1.82, 2.24) is 10.6 Å². The highest BCUT2D eigenvalue weighted by Gasteiger charge is 2.07. The van der Waals surface area contributed by atoms with Crippen LogP contribution in [0.4, 0.5) is 0 Å². The van der Waals surface area contributed by atoms with Crippen LogP contribution in [0.1, 0.15) is 18.9 Å². The van der Waals surface area contributed by atoms with Crippen molar-refractivity contribution in [2.45, 2.75) is 19.8 Å². The fraction of sp³-hybridized carbons (Fsp3) is 0.438. The van der Waals surface area contributed by atoms with Gasteiger partial charge in [0, 0.05) is 13.1 Å². The lowest BCUT2D eigenvalue weighted by Gasteiger charge is -2.15. The van der Waals surface area contributed by atoms with E-state index in [2.05, 4.69) is 23.6 Å². The number of nitrogens with one attached hydrogen (secondary N) is 2. The monoisotopic (exact) mass is 310 g/mol.